The van der Waals surface area contributed by atoms with Crippen LogP contribution in [0.2, 0.25) is 0 Å². The predicted molar refractivity (Wildman–Crippen MR) is 163 cm³/mol. The van der Waals surface area contributed by atoms with Crippen LogP contribution in [0, 0.1) is 6.92 Å². The lowest BCUT2D eigenvalue weighted by atomic mass is 9.95. The maximum atomic E-state index is 14.1. The molecule has 8 heteroatoms. The van der Waals surface area contributed by atoms with E-state index in [1.54, 1.807) is 43.3 Å². The van der Waals surface area contributed by atoms with E-state index in [4.69, 9.17) is 0 Å². The van der Waals surface area contributed by atoms with Crippen molar-refractivity contribution in [1.82, 2.24) is 10.2 Å². The van der Waals surface area contributed by atoms with Gasteiger partial charge in [-0.25, -0.2) is 8.42 Å². The van der Waals surface area contributed by atoms with E-state index >= 15 is 0 Å². The van der Waals surface area contributed by atoms with Gasteiger partial charge in [-0.2, -0.15) is 0 Å². The molecule has 0 aliphatic heterocycles. The molecule has 4 rings (SSSR count). The molecule has 0 radical (unpaired) electrons. The topological polar surface area (TPSA) is 86.8 Å². The van der Waals surface area contributed by atoms with E-state index in [-0.39, 0.29) is 23.4 Å². The molecule has 1 N–H and O–H groups in total. The number of nitrogens with zero attached hydrogens (tertiary/aromatic N) is 2. The smallest absolute Gasteiger partial charge is 0.264 e. The Morgan fingerprint density at radius 1 is 0.902 bits per heavy atom. The number of aryl methyl sites for hydroxylation is 2. The van der Waals surface area contributed by atoms with Crippen LogP contribution in [0.25, 0.3) is 0 Å². The number of nitrogens with one attached hydrogen (secondary N) is 1. The average molecular weight is 576 g/mol. The normalized spacial score (nSPS) is 14.7. The summed E-state index contributed by atoms with van der Waals surface area (Å²) in [7, 11) is -4.09. The van der Waals surface area contributed by atoms with Crippen LogP contribution in [0.5, 0.6) is 0 Å². The van der Waals surface area contributed by atoms with Gasteiger partial charge in [0.25, 0.3) is 10.0 Å². The maximum absolute atomic E-state index is 14.1. The number of sulfonamides is 1. The molecular formula is C33H41N3O4S. The zero-order valence-electron chi connectivity index (χ0n) is 24.3. The first-order valence-electron chi connectivity index (χ1n) is 14.5. The van der Waals surface area contributed by atoms with E-state index in [0.29, 0.717) is 12.1 Å². The Labute approximate surface area is 244 Å². The van der Waals surface area contributed by atoms with Crippen molar-refractivity contribution in [2.45, 2.75) is 82.8 Å². The lowest BCUT2D eigenvalue weighted by Crippen LogP contribution is -2.53. The van der Waals surface area contributed by atoms with Crippen molar-refractivity contribution in [2.24, 2.45) is 0 Å². The van der Waals surface area contributed by atoms with Gasteiger partial charge in [0, 0.05) is 12.6 Å². The predicted octanol–water partition coefficient (Wildman–Crippen LogP) is 5.62. The SMILES string of the molecule is CCc1ccccc1N(CC(=O)N(Cc1ccccc1)[C@H](C)C(=O)NC1CCCCC1)S(=O)(=O)c1ccc(C)cc1. The second-order valence-electron chi connectivity index (χ2n) is 10.8. The zero-order valence-corrected chi connectivity index (χ0v) is 25.1. The van der Waals surface area contributed by atoms with Gasteiger partial charge >= 0.3 is 0 Å². The quantitative estimate of drug-likeness (QED) is 0.322. The maximum Gasteiger partial charge on any atom is 0.264 e. The van der Waals surface area contributed by atoms with Crippen molar-refractivity contribution in [2.75, 3.05) is 10.8 Å². The Morgan fingerprint density at radius 3 is 2.20 bits per heavy atom. The molecule has 218 valence electrons. The summed E-state index contributed by atoms with van der Waals surface area (Å²) >= 11 is 0. The molecule has 0 heterocycles. The standard InChI is InChI=1S/C33H41N3O4S/c1-4-28-15-11-12-18-31(28)36(41(39,40)30-21-19-25(2)20-22-30)24-32(37)35(23-27-13-7-5-8-14-27)26(3)33(38)34-29-16-9-6-10-17-29/h5,7-8,11-15,18-22,26,29H,4,6,9-10,16-17,23-24H2,1-3H3,(H,34,38)/t26-/m1/s1. The van der Waals surface area contributed by atoms with Gasteiger partial charge in [0.1, 0.15) is 12.6 Å². The van der Waals surface area contributed by atoms with Crippen LogP contribution in [0.4, 0.5) is 5.69 Å². The van der Waals surface area contributed by atoms with E-state index in [2.05, 4.69) is 5.32 Å². The third-order valence-corrected chi connectivity index (χ3v) is 9.62. The Bertz CT molecular complexity index is 1420. The molecule has 3 aromatic carbocycles. The third-order valence-electron chi connectivity index (χ3n) is 7.84. The summed E-state index contributed by atoms with van der Waals surface area (Å²) in [5.74, 6) is -0.662. The Hall–Kier alpha value is -3.65. The number of anilines is 1. The number of rotatable bonds is 11. The van der Waals surface area contributed by atoms with Gasteiger partial charge in [0.15, 0.2) is 0 Å². The highest BCUT2D eigenvalue weighted by Crippen LogP contribution is 2.28. The summed E-state index contributed by atoms with van der Waals surface area (Å²) in [5.41, 5.74) is 3.07. The largest absolute Gasteiger partial charge is 0.352 e. The second kappa shape index (κ2) is 13.8. The number of amides is 2. The van der Waals surface area contributed by atoms with Crippen molar-refractivity contribution in [1.29, 1.82) is 0 Å². The molecule has 7 nitrogen and oxygen atoms in total. The molecule has 1 atom stereocenters. The van der Waals surface area contributed by atoms with Crippen LogP contribution >= 0.6 is 0 Å². The first-order chi connectivity index (χ1) is 19.7. The average Bonchev–Trinajstić information content (AvgIpc) is 2.99. The lowest BCUT2D eigenvalue weighted by Gasteiger charge is -2.33. The molecule has 1 aliphatic carbocycles. The fourth-order valence-corrected chi connectivity index (χ4v) is 6.79. The van der Waals surface area contributed by atoms with Crippen molar-refractivity contribution in [3.05, 3.63) is 95.6 Å². The summed E-state index contributed by atoms with van der Waals surface area (Å²) in [6.45, 7) is 5.33. The summed E-state index contributed by atoms with van der Waals surface area (Å²) in [5, 5.41) is 3.14. The van der Waals surface area contributed by atoms with E-state index < -0.39 is 28.5 Å². The van der Waals surface area contributed by atoms with Crippen LogP contribution < -0.4 is 9.62 Å². The fourth-order valence-electron chi connectivity index (χ4n) is 5.34. The van der Waals surface area contributed by atoms with Gasteiger partial charge in [0.05, 0.1) is 10.6 Å². The van der Waals surface area contributed by atoms with Crippen LogP contribution in [-0.4, -0.2) is 43.8 Å². The molecule has 3 aromatic rings. The zero-order chi connectivity index (χ0) is 29.4. The molecule has 41 heavy (non-hydrogen) atoms. The molecule has 1 saturated carbocycles. The van der Waals surface area contributed by atoms with Gasteiger partial charge in [-0.05, 0) is 62.4 Å². The molecular weight excluding hydrogens is 534 g/mol. The van der Waals surface area contributed by atoms with E-state index in [9.17, 15) is 18.0 Å². The Balaban J connectivity index is 1.69. The third kappa shape index (κ3) is 7.55. The van der Waals surface area contributed by atoms with Crippen molar-refractivity contribution in [3.63, 3.8) is 0 Å². The van der Waals surface area contributed by atoms with E-state index in [0.717, 1.165) is 42.4 Å². The summed E-state index contributed by atoms with van der Waals surface area (Å²) < 4.78 is 29.3. The highest BCUT2D eigenvalue weighted by Gasteiger charge is 2.33. The highest BCUT2D eigenvalue weighted by atomic mass is 32.2. The van der Waals surface area contributed by atoms with Gasteiger partial charge in [-0.15, -0.1) is 0 Å². The summed E-state index contributed by atoms with van der Waals surface area (Å²) in [6.07, 6.45) is 5.79. The van der Waals surface area contributed by atoms with Crippen LogP contribution in [0.15, 0.2) is 83.8 Å². The molecule has 1 aliphatic rings. The minimum Gasteiger partial charge on any atom is -0.352 e. The first-order valence-corrected chi connectivity index (χ1v) is 16.0. The van der Waals surface area contributed by atoms with Crippen molar-refractivity contribution >= 4 is 27.5 Å². The minimum atomic E-state index is -4.09. The van der Waals surface area contributed by atoms with Gasteiger partial charge < -0.3 is 10.2 Å². The number of carbonyl (C=O) groups excluding carboxylic acids is 2. The number of hydrogen-bond acceptors (Lipinski definition) is 4. The second-order valence-corrected chi connectivity index (χ2v) is 12.7. The lowest BCUT2D eigenvalue weighted by molar-refractivity contribution is -0.139. The molecule has 2 amide bonds. The number of hydrogen-bond donors (Lipinski definition) is 1. The highest BCUT2D eigenvalue weighted by molar-refractivity contribution is 7.92. The van der Waals surface area contributed by atoms with Crippen LogP contribution in [-0.2, 0) is 32.6 Å². The van der Waals surface area contributed by atoms with Crippen LogP contribution in [0.1, 0.15) is 62.6 Å². The fraction of sp³-hybridized carbons (Fsp3) is 0.394. The van der Waals surface area contributed by atoms with Crippen molar-refractivity contribution < 1.29 is 18.0 Å². The minimum absolute atomic E-state index is 0.0993. The molecule has 0 spiro atoms. The Kier molecular flexibility index (Phi) is 10.2. The summed E-state index contributed by atoms with van der Waals surface area (Å²) in [4.78, 5) is 29.2. The first kappa shape index (κ1) is 30.3. The number of para-hydroxylation sites is 1. The molecule has 1 fully saturated rings. The van der Waals surface area contributed by atoms with Crippen LogP contribution in [0.3, 0.4) is 0 Å². The molecule has 0 saturated heterocycles. The van der Waals surface area contributed by atoms with E-state index in [1.165, 1.54) is 15.6 Å². The molecule has 0 aromatic heterocycles. The monoisotopic (exact) mass is 575 g/mol. The molecule has 0 bridgehead atoms. The summed E-state index contributed by atoms with van der Waals surface area (Å²) in [6, 6.07) is 22.7. The number of carbonyl (C=O) groups is 2. The van der Waals surface area contributed by atoms with Gasteiger partial charge in [-0.1, -0.05) is 92.4 Å². The Morgan fingerprint density at radius 2 is 1.54 bits per heavy atom. The molecule has 0 unspecified atom stereocenters. The van der Waals surface area contributed by atoms with Gasteiger partial charge in [-0.3, -0.25) is 13.9 Å². The van der Waals surface area contributed by atoms with Gasteiger partial charge in [0.2, 0.25) is 11.8 Å². The van der Waals surface area contributed by atoms with Crippen molar-refractivity contribution in [3.8, 4) is 0 Å². The number of benzene rings is 3. The van der Waals surface area contributed by atoms with E-state index in [1.807, 2.05) is 56.3 Å².